The molecule has 0 saturated heterocycles. The molecule has 0 bridgehead atoms. The Hall–Kier alpha value is -0.920. The summed E-state index contributed by atoms with van der Waals surface area (Å²) >= 11 is 3.31. The van der Waals surface area contributed by atoms with Gasteiger partial charge in [-0.1, -0.05) is 28.1 Å². The second-order valence-corrected chi connectivity index (χ2v) is 6.71. The molecule has 18 heavy (non-hydrogen) atoms. The van der Waals surface area contributed by atoms with Crippen molar-refractivity contribution in [2.24, 2.45) is 0 Å². The number of methoxy groups -OCH3 is 1. The third kappa shape index (κ3) is 4.40. The van der Waals surface area contributed by atoms with Crippen molar-refractivity contribution in [1.29, 1.82) is 0 Å². The van der Waals surface area contributed by atoms with Gasteiger partial charge in [0.15, 0.2) is 5.75 Å². The minimum Gasteiger partial charge on any atom is -0.468 e. The molecular formula is C11H14BrNO4S. The van der Waals surface area contributed by atoms with Crippen molar-refractivity contribution in [2.75, 3.05) is 19.9 Å². The molecule has 7 heteroatoms. The number of benzene rings is 1. The van der Waals surface area contributed by atoms with Crippen molar-refractivity contribution in [3.05, 3.63) is 34.3 Å². The number of ether oxygens (including phenoxy) is 1. The van der Waals surface area contributed by atoms with Crippen LogP contribution in [0.3, 0.4) is 0 Å². The number of carbonyl (C=O) groups is 1. The third-order valence-corrected chi connectivity index (χ3v) is 4.47. The molecule has 5 nitrogen and oxygen atoms in total. The fourth-order valence-corrected chi connectivity index (χ4v) is 2.74. The lowest BCUT2D eigenvalue weighted by Gasteiger charge is -2.16. The Balaban J connectivity index is 2.76. The monoisotopic (exact) mass is 335 g/mol. The highest BCUT2D eigenvalue weighted by Gasteiger charge is 2.22. The first kappa shape index (κ1) is 15.1. The van der Waals surface area contributed by atoms with Crippen LogP contribution in [0, 0.1) is 0 Å². The maximum Gasteiger partial charge on any atom is 0.322 e. The molecule has 0 aromatic heterocycles. The van der Waals surface area contributed by atoms with Gasteiger partial charge in [-0.3, -0.25) is 4.79 Å². The van der Waals surface area contributed by atoms with Gasteiger partial charge in [-0.2, -0.15) is 0 Å². The lowest BCUT2D eigenvalue weighted by atomic mass is 10.2. The molecule has 0 atom stereocenters. The fourth-order valence-electron chi connectivity index (χ4n) is 1.31. The zero-order valence-electron chi connectivity index (χ0n) is 10.1. The molecule has 0 spiro atoms. The summed E-state index contributed by atoms with van der Waals surface area (Å²) in [6, 6.07) is 7.31. The molecule has 0 saturated carbocycles. The predicted octanol–water partition coefficient (Wildman–Crippen LogP) is 1.38. The van der Waals surface area contributed by atoms with Crippen LogP contribution in [0.15, 0.2) is 28.7 Å². The number of sulfonamides is 1. The van der Waals surface area contributed by atoms with Crippen molar-refractivity contribution in [1.82, 2.24) is 4.31 Å². The van der Waals surface area contributed by atoms with Gasteiger partial charge in [0, 0.05) is 18.1 Å². The standard InChI is InChI=1S/C11H14BrNO4S/c1-13(18(15,16)8-11(14)17-2)7-9-4-3-5-10(12)6-9/h3-6H,7-8H2,1-2H3. The zero-order chi connectivity index (χ0) is 13.8. The summed E-state index contributed by atoms with van der Waals surface area (Å²) in [5, 5.41) is 0. The molecule has 0 aliphatic carbocycles. The van der Waals surface area contributed by atoms with Gasteiger partial charge in [0.25, 0.3) is 0 Å². The quantitative estimate of drug-likeness (QED) is 0.762. The summed E-state index contributed by atoms with van der Waals surface area (Å²) < 4.78 is 30.0. The van der Waals surface area contributed by atoms with E-state index in [1.54, 1.807) is 0 Å². The molecule has 0 aliphatic rings. The number of nitrogens with zero attached hydrogens (tertiary/aromatic N) is 1. The Morgan fingerprint density at radius 3 is 2.67 bits per heavy atom. The van der Waals surface area contributed by atoms with E-state index in [0.717, 1.165) is 21.5 Å². The van der Waals surface area contributed by atoms with Crippen LogP contribution in [-0.4, -0.2) is 38.6 Å². The Morgan fingerprint density at radius 2 is 2.11 bits per heavy atom. The predicted molar refractivity (Wildman–Crippen MR) is 71.4 cm³/mol. The molecule has 0 aliphatic heterocycles. The van der Waals surface area contributed by atoms with Crippen LogP contribution in [0.2, 0.25) is 0 Å². The zero-order valence-corrected chi connectivity index (χ0v) is 12.5. The van der Waals surface area contributed by atoms with Crippen molar-refractivity contribution in [3.63, 3.8) is 0 Å². The first-order chi connectivity index (χ1) is 8.35. The molecule has 0 unspecified atom stereocenters. The van der Waals surface area contributed by atoms with Crippen molar-refractivity contribution in [2.45, 2.75) is 6.54 Å². The van der Waals surface area contributed by atoms with Gasteiger partial charge in [-0.25, -0.2) is 12.7 Å². The number of carbonyl (C=O) groups excluding carboxylic acids is 1. The fraction of sp³-hybridized carbons (Fsp3) is 0.364. The van der Waals surface area contributed by atoms with Gasteiger partial charge in [0.2, 0.25) is 10.0 Å². The summed E-state index contributed by atoms with van der Waals surface area (Å²) in [5.41, 5.74) is 0.834. The highest BCUT2D eigenvalue weighted by molar-refractivity contribution is 9.10. The molecule has 100 valence electrons. The van der Waals surface area contributed by atoms with E-state index in [0.29, 0.717) is 0 Å². The van der Waals surface area contributed by atoms with Crippen LogP contribution >= 0.6 is 15.9 Å². The number of esters is 1. The van der Waals surface area contributed by atoms with E-state index in [2.05, 4.69) is 20.7 Å². The van der Waals surface area contributed by atoms with Gasteiger partial charge in [0.05, 0.1) is 7.11 Å². The maximum atomic E-state index is 11.8. The number of rotatable bonds is 5. The van der Waals surface area contributed by atoms with Crippen LogP contribution in [0.25, 0.3) is 0 Å². The Kier molecular flexibility index (Phi) is 5.30. The topological polar surface area (TPSA) is 63.7 Å². The molecular weight excluding hydrogens is 322 g/mol. The van der Waals surface area contributed by atoms with E-state index in [9.17, 15) is 13.2 Å². The Morgan fingerprint density at radius 1 is 1.44 bits per heavy atom. The van der Waals surface area contributed by atoms with E-state index < -0.39 is 21.7 Å². The molecule has 0 fully saturated rings. The number of hydrogen-bond donors (Lipinski definition) is 0. The van der Waals surface area contributed by atoms with E-state index in [4.69, 9.17) is 0 Å². The van der Waals surface area contributed by atoms with Crippen LogP contribution in [0.5, 0.6) is 0 Å². The van der Waals surface area contributed by atoms with E-state index in [-0.39, 0.29) is 6.54 Å². The smallest absolute Gasteiger partial charge is 0.322 e. The van der Waals surface area contributed by atoms with Gasteiger partial charge in [-0.05, 0) is 17.7 Å². The second-order valence-electron chi connectivity index (χ2n) is 3.72. The maximum absolute atomic E-state index is 11.8. The lowest BCUT2D eigenvalue weighted by Crippen LogP contribution is -2.32. The summed E-state index contributed by atoms with van der Waals surface area (Å²) in [7, 11) is -1.05. The third-order valence-electron chi connectivity index (χ3n) is 2.30. The highest BCUT2D eigenvalue weighted by atomic mass is 79.9. The van der Waals surface area contributed by atoms with Gasteiger partial charge in [0.1, 0.15) is 0 Å². The SMILES string of the molecule is COC(=O)CS(=O)(=O)N(C)Cc1cccc(Br)c1. The molecule has 0 amide bonds. The lowest BCUT2D eigenvalue weighted by molar-refractivity contribution is -0.137. The average Bonchev–Trinajstić information content (AvgIpc) is 2.28. The molecule has 1 aromatic carbocycles. The molecule has 1 rings (SSSR count). The van der Waals surface area contributed by atoms with Crippen LogP contribution in [0.4, 0.5) is 0 Å². The van der Waals surface area contributed by atoms with Gasteiger partial charge < -0.3 is 4.74 Å². The normalized spacial score (nSPS) is 11.6. The van der Waals surface area contributed by atoms with Crippen molar-refractivity contribution >= 4 is 31.9 Å². The van der Waals surface area contributed by atoms with Crippen LogP contribution in [0.1, 0.15) is 5.56 Å². The van der Waals surface area contributed by atoms with Crippen LogP contribution < -0.4 is 0 Å². The van der Waals surface area contributed by atoms with Crippen molar-refractivity contribution in [3.8, 4) is 0 Å². The van der Waals surface area contributed by atoms with Gasteiger partial charge >= 0.3 is 5.97 Å². The van der Waals surface area contributed by atoms with Crippen LogP contribution in [-0.2, 0) is 26.1 Å². The van der Waals surface area contributed by atoms with E-state index >= 15 is 0 Å². The first-order valence-corrected chi connectivity index (χ1v) is 7.50. The number of halogens is 1. The summed E-state index contributed by atoms with van der Waals surface area (Å²) in [5.74, 6) is -1.41. The highest BCUT2D eigenvalue weighted by Crippen LogP contribution is 2.14. The van der Waals surface area contributed by atoms with E-state index in [1.807, 2.05) is 24.3 Å². The Labute approximate surface area is 115 Å². The minimum absolute atomic E-state index is 0.207. The minimum atomic E-state index is -3.64. The summed E-state index contributed by atoms with van der Waals surface area (Å²) in [6.07, 6.45) is 0. The molecule has 0 N–H and O–H groups in total. The Bertz CT molecular complexity index is 530. The number of hydrogen-bond acceptors (Lipinski definition) is 4. The molecule has 0 radical (unpaired) electrons. The largest absolute Gasteiger partial charge is 0.468 e. The van der Waals surface area contributed by atoms with Gasteiger partial charge in [-0.15, -0.1) is 0 Å². The molecule has 0 heterocycles. The first-order valence-electron chi connectivity index (χ1n) is 5.10. The van der Waals surface area contributed by atoms with E-state index in [1.165, 1.54) is 7.05 Å². The second kappa shape index (κ2) is 6.31. The summed E-state index contributed by atoms with van der Waals surface area (Å²) in [4.78, 5) is 11.0. The van der Waals surface area contributed by atoms with Crippen molar-refractivity contribution < 1.29 is 17.9 Å². The average molecular weight is 336 g/mol. The molecule has 1 aromatic rings. The summed E-state index contributed by atoms with van der Waals surface area (Å²) in [6.45, 7) is 0.207.